The zero-order valence-electron chi connectivity index (χ0n) is 14.4. The van der Waals surface area contributed by atoms with E-state index in [0.29, 0.717) is 24.4 Å². The first-order valence-electron chi connectivity index (χ1n) is 8.60. The van der Waals surface area contributed by atoms with Crippen LogP contribution in [0.2, 0.25) is 5.02 Å². The summed E-state index contributed by atoms with van der Waals surface area (Å²) in [6.45, 7) is 2.40. The van der Waals surface area contributed by atoms with Gasteiger partial charge in [0.15, 0.2) is 0 Å². The van der Waals surface area contributed by atoms with E-state index < -0.39 is 5.41 Å². The Bertz CT molecular complexity index is 1040. The molecule has 1 aromatic heterocycles. The van der Waals surface area contributed by atoms with E-state index in [4.69, 9.17) is 16.9 Å². The summed E-state index contributed by atoms with van der Waals surface area (Å²) in [7, 11) is 0. The van der Waals surface area contributed by atoms with Crippen LogP contribution in [0, 0.1) is 23.7 Å². The van der Waals surface area contributed by atoms with E-state index in [1.807, 2.05) is 30.3 Å². The third-order valence-electron chi connectivity index (χ3n) is 5.11. The van der Waals surface area contributed by atoms with Crippen molar-refractivity contribution < 1.29 is 4.79 Å². The Balaban J connectivity index is 1.71. The van der Waals surface area contributed by atoms with Crippen LogP contribution < -0.4 is 5.32 Å². The minimum absolute atomic E-state index is 0.195. The highest BCUT2D eigenvalue weighted by molar-refractivity contribution is 6.31. The van der Waals surface area contributed by atoms with Crippen molar-refractivity contribution in [3.05, 3.63) is 58.6 Å². The van der Waals surface area contributed by atoms with Gasteiger partial charge >= 0.3 is 0 Å². The number of nitriles is 1. The number of aromatic nitrogens is 1. The quantitative estimate of drug-likeness (QED) is 0.704. The lowest BCUT2D eigenvalue weighted by Gasteiger charge is -2.09. The Morgan fingerprint density at radius 2 is 2.04 bits per heavy atom. The van der Waals surface area contributed by atoms with Crippen LogP contribution in [0.3, 0.4) is 0 Å². The van der Waals surface area contributed by atoms with Crippen molar-refractivity contribution in [1.29, 1.82) is 5.26 Å². The van der Waals surface area contributed by atoms with E-state index in [1.54, 1.807) is 0 Å². The lowest BCUT2D eigenvalue weighted by atomic mass is 10.0. The molecule has 2 N–H and O–H groups in total. The largest absolute Gasteiger partial charge is 0.354 e. The number of aromatic amines is 1. The standard InChI is InChI=1S/C21H18ClN3O/c1-13-17-10-16(22)9-15(11-24-20(26)21(12-23)7-8-21)19(17)25-18(13)14-5-3-2-4-6-14/h2-6,9-10,25H,7-8,11H2,1H3,(H,24,26). The zero-order valence-corrected chi connectivity index (χ0v) is 15.2. The summed E-state index contributed by atoms with van der Waals surface area (Å²) in [6, 6.07) is 16.0. The molecule has 5 heteroatoms. The van der Waals surface area contributed by atoms with E-state index in [1.165, 1.54) is 0 Å². The third-order valence-corrected chi connectivity index (χ3v) is 5.33. The maximum Gasteiger partial charge on any atom is 0.240 e. The average molecular weight is 364 g/mol. The van der Waals surface area contributed by atoms with Gasteiger partial charge in [-0.25, -0.2) is 0 Å². The number of nitrogens with zero attached hydrogens (tertiary/aromatic N) is 1. The third kappa shape index (κ3) is 2.75. The maximum absolute atomic E-state index is 12.3. The molecule has 0 unspecified atom stereocenters. The summed E-state index contributed by atoms with van der Waals surface area (Å²) < 4.78 is 0. The molecule has 26 heavy (non-hydrogen) atoms. The van der Waals surface area contributed by atoms with Crippen molar-refractivity contribution in [2.24, 2.45) is 5.41 Å². The summed E-state index contributed by atoms with van der Waals surface area (Å²) in [5.74, 6) is -0.195. The minimum Gasteiger partial charge on any atom is -0.354 e. The van der Waals surface area contributed by atoms with Crippen molar-refractivity contribution in [3.8, 4) is 17.3 Å². The SMILES string of the molecule is Cc1c(-c2ccccc2)[nH]c2c(CNC(=O)C3(C#N)CC3)cc(Cl)cc12. The molecule has 1 heterocycles. The van der Waals surface area contributed by atoms with Gasteiger partial charge in [0, 0.05) is 22.6 Å². The number of benzene rings is 2. The summed E-state index contributed by atoms with van der Waals surface area (Å²) in [6.07, 6.45) is 1.28. The van der Waals surface area contributed by atoms with Gasteiger partial charge in [0.1, 0.15) is 5.41 Å². The molecule has 2 aromatic carbocycles. The van der Waals surface area contributed by atoms with Crippen molar-refractivity contribution in [3.63, 3.8) is 0 Å². The predicted octanol–water partition coefficient (Wildman–Crippen LogP) is 4.72. The minimum atomic E-state index is -0.821. The van der Waals surface area contributed by atoms with Crippen LogP contribution >= 0.6 is 11.6 Å². The van der Waals surface area contributed by atoms with Crippen molar-refractivity contribution in [2.45, 2.75) is 26.3 Å². The number of hydrogen-bond donors (Lipinski definition) is 2. The molecule has 0 bridgehead atoms. The molecule has 1 saturated carbocycles. The number of rotatable bonds is 4. The summed E-state index contributed by atoms with van der Waals surface area (Å²) in [4.78, 5) is 15.8. The first-order valence-corrected chi connectivity index (χ1v) is 8.97. The molecule has 130 valence electrons. The van der Waals surface area contributed by atoms with Crippen molar-refractivity contribution in [2.75, 3.05) is 0 Å². The molecule has 1 aliphatic carbocycles. The number of H-pyrrole nitrogens is 1. The Morgan fingerprint density at radius 3 is 2.69 bits per heavy atom. The van der Waals surface area contributed by atoms with Crippen LogP contribution in [0.15, 0.2) is 42.5 Å². The topological polar surface area (TPSA) is 68.7 Å². The molecular weight excluding hydrogens is 346 g/mol. The van der Waals surface area contributed by atoms with Gasteiger partial charge in [-0.15, -0.1) is 0 Å². The molecule has 1 aliphatic rings. The van der Waals surface area contributed by atoms with Gasteiger partial charge in [-0.2, -0.15) is 5.26 Å². The summed E-state index contributed by atoms with van der Waals surface area (Å²) >= 11 is 6.32. The molecule has 4 nitrogen and oxygen atoms in total. The number of carbonyl (C=O) groups excluding carboxylic acids is 1. The number of aryl methyl sites for hydroxylation is 1. The van der Waals surface area contributed by atoms with Crippen LogP contribution in [0.4, 0.5) is 0 Å². The number of hydrogen-bond acceptors (Lipinski definition) is 2. The van der Waals surface area contributed by atoms with Crippen LogP contribution in [0.1, 0.15) is 24.0 Å². The molecule has 1 fully saturated rings. The predicted molar refractivity (Wildman–Crippen MR) is 103 cm³/mol. The van der Waals surface area contributed by atoms with Crippen LogP contribution in [-0.4, -0.2) is 10.9 Å². The van der Waals surface area contributed by atoms with Gasteiger partial charge in [-0.05, 0) is 48.6 Å². The highest BCUT2D eigenvalue weighted by Crippen LogP contribution is 2.45. The van der Waals surface area contributed by atoms with Crippen molar-refractivity contribution >= 4 is 28.4 Å². The van der Waals surface area contributed by atoms with Gasteiger partial charge in [-0.3, -0.25) is 4.79 Å². The van der Waals surface area contributed by atoms with E-state index in [0.717, 1.165) is 33.3 Å². The van der Waals surface area contributed by atoms with Gasteiger partial charge < -0.3 is 10.3 Å². The Labute approximate surface area is 156 Å². The van der Waals surface area contributed by atoms with Gasteiger partial charge in [0.25, 0.3) is 0 Å². The van der Waals surface area contributed by atoms with E-state index in [9.17, 15) is 4.79 Å². The number of fused-ring (bicyclic) bond motifs is 1. The van der Waals surface area contributed by atoms with E-state index in [-0.39, 0.29) is 5.91 Å². The lowest BCUT2D eigenvalue weighted by Crippen LogP contribution is -2.30. The molecule has 0 saturated heterocycles. The zero-order chi connectivity index (χ0) is 18.3. The van der Waals surface area contributed by atoms with Crippen LogP contribution in [0.25, 0.3) is 22.2 Å². The molecule has 3 aromatic rings. The first kappa shape index (κ1) is 16.7. The lowest BCUT2D eigenvalue weighted by molar-refractivity contribution is -0.124. The van der Waals surface area contributed by atoms with Crippen LogP contribution in [0.5, 0.6) is 0 Å². The normalized spacial score (nSPS) is 14.8. The Morgan fingerprint density at radius 1 is 1.31 bits per heavy atom. The molecule has 0 radical (unpaired) electrons. The fraction of sp³-hybridized carbons (Fsp3) is 0.238. The molecule has 4 rings (SSSR count). The number of halogens is 1. The molecule has 0 atom stereocenters. The number of nitrogens with one attached hydrogen (secondary N) is 2. The fourth-order valence-electron chi connectivity index (χ4n) is 3.35. The maximum atomic E-state index is 12.3. The van der Waals surface area contributed by atoms with Gasteiger partial charge in [-0.1, -0.05) is 41.9 Å². The monoisotopic (exact) mass is 363 g/mol. The van der Waals surface area contributed by atoms with E-state index >= 15 is 0 Å². The molecule has 0 aliphatic heterocycles. The molecular formula is C21H18ClN3O. The Hall–Kier alpha value is -2.77. The second-order valence-electron chi connectivity index (χ2n) is 6.86. The average Bonchev–Trinajstić information content (AvgIpc) is 3.40. The second kappa shape index (κ2) is 6.19. The summed E-state index contributed by atoms with van der Waals surface area (Å²) in [5.41, 5.74) is 4.34. The molecule has 0 spiro atoms. The number of amides is 1. The van der Waals surface area contributed by atoms with Gasteiger partial charge in [0.05, 0.1) is 11.6 Å². The van der Waals surface area contributed by atoms with Gasteiger partial charge in [0.2, 0.25) is 5.91 Å². The number of carbonyl (C=O) groups is 1. The molecule has 1 amide bonds. The van der Waals surface area contributed by atoms with Crippen molar-refractivity contribution in [1.82, 2.24) is 10.3 Å². The fourth-order valence-corrected chi connectivity index (χ4v) is 3.59. The van der Waals surface area contributed by atoms with Crippen LogP contribution in [-0.2, 0) is 11.3 Å². The highest BCUT2D eigenvalue weighted by Gasteiger charge is 2.50. The van der Waals surface area contributed by atoms with E-state index in [2.05, 4.69) is 35.4 Å². The smallest absolute Gasteiger partial charge is 0.240 e. The first-order chi connectivity index (χ1) is 12.5. The second-order valence-corrected chi connectivity index (χ2v) is 7.29. The Kier molecular flexibility index (Phi) is 3.97. The highest BCUT2D eigenvalue weighted by atomic mass is 35.5. The summed E-state index contributed by atoms with van der Waals surface area (Å²) in [5, 5.41) is 13.7.